The Bertz CT molecular complexity index is 295. The fraction of sp³-hybridized carbons (Fsp3) is 0.778. The van der Waals surface area contributed by atoms with Gasteiger partial charge in [0.1, 0.15) is 5.38 Å². The van der Waals surface area contributed by atoms with Crippen LogP contribution >= 0.6 is 11.6 Å². The van der Waals surface area contributed by atoms with Gasteiger partial charge in [0.2, 0.25) is 11.8 Å². The van der Waals surface area contributed by atoms with Crippen molar-refractivity contribution in [2.45, 2.75) is 31.1 Å². The molecular weight excluding hydrogens is 204 g/mol. The lowest BCUT2D eigenvalue weighted by atomic mass is 10.0. The van der Waals surface area contributed by atoms with Crippen LogP contribution in [0.4, 0.5) is 0 Å². The first-order chi connectivity index (χ1) is 6.77. The third-order valence-electron chi connectivity index (χ3n) is 2.37. The topological polar surface area (TPSA) is 48.2 Å². The zero-order chi connectivity index (χ0) is 9.97. The van der Waals surface area contributed by atoms with Crippen LogP contribution in [0.15, 0.2) is 4.42 Å². The van der Waals surface area contributed by atoms with Crippen LogP contribution in [0.2, 0.25) is 0 Å². The fourth-order valence-corrected chi connectivity index (χ4v) is 1.60. The van der Waals surface area contributed by atoms with Gasteiger partial charge < -0.3 is 9.15 Å². The Kier molecular flexibility index (Phi) is 3.03. The van der Waals surface area contributed by atoms with E-state index in [-0.39, 0.29) is 5.38 Å². The number of rotatable bonds is 2. The van der Waals surface area contributed by atoms with Crippen LogP contribution in [0, 0.1) is 0 Å². The smallest absolute Gasteiger partial charge is 0.234 e. The number of ether oxygens (including phenoxy) is 1. The maximum atomic E-state index is 5.83. The summed E-state index contributed by atoms with van der Waals surface area (Å²) < 4.78 is 10.7. The molecule has 1 unspecified atom stereocenters. The van der Waals surface area contributed by atoms with E-state index in [1.165, 1.54) is 0 Å². The number of hydrogen-bond acceptors (Lipinski definition) is 4. The predicted octanol–water partition coefficient (Wildman–Crippen LogP) is 2.26. The number of halogens is 1. The molecule has 1 saturated heterocycles. The van der Waals surface area contributed by atoms with E-state index in [0.717, 1.165) is 26.1 Å². The molecule has 0 aromatic carbocycles. The van der Waals surface area contributed by atoms with Gasteiger partial charge >= 0.3 is 0 Å². The molecule has 78 valence electrons. The molecular formula is C9H13ClN2O2. The zero-order valence-electron chi connectivity index (χ0n) is 8.07. The first-order valence-corrected chi connectivity index (χ1v) is 5.26. The Morgan fingerprint density at radius 2 is 2.07 bits per heavy atom. The summed E-state index contributed by atoms with van der Waals surface area (Å²) in [6.07, 6.45) is 1.91. The number of alkyl halides is 1. The first kappa shape index (κ1) is 9.93. The quantitative estimate of drug-likeness (QED) is 0.712. The molecule has 2 heterocycles. The highest BCUT2D eigenvalue weighted by Crippen LogP contribution is 2.27. The van der Waals surface area contributed by atoms with Gasteiger partial charge in [-0.25, -0.2) is 0 Å². The van der Waals surface area contributed by atoms with Crippen LogP contribution < -0.4 is 0 Å². The number of nitrogens with zero attached hydrogens (tertiary/aromatic N) is 2. The summed E-state index contributed by atoms with van der Waals surface area (Å²) in [5.74, 6) is 1.56. The van der Waals surface area contributed by atoms with E-state index >= 15 is 0 Å². The van der Waals surface area contributed by atoms with E-state index in [1.807, 2.05) is 6.92 Å². The number of aromatic nitrogens is 2. The highest BCUT2D eigenvalue weighted by Gasteiger charge is 2.22. The molecule has 0 N–H and O–H groups in total. The van der Waals surface area contributed by atoms with Crippen LogP contribution in [0.1, 0.15) is 42.8 Å². The van der Waals surface area contributed by atoms with Gasteiger partial charge in [-0.15, -0.1) is 21.8 Å². The lowest BCUT2D eigenvalue weighted by Gasteiger charge is -2.18. The largest absolute Gasteiger partial charge is 0.423 e. The zero-order valence-corrected chi connectivity index (χ0v) is 8.83. The van der Waals surface area contributed by atoms with Crippen molar-refractivity contribution in [2.24, 2.45) is 0 Å². The Morgan fingerprint density at radius 3 is 2.64 bits per heavy atom. The molecule has 1 fully saturated rings. The summed E-state index contributed by atoms with van der Waals surface area (Å²) in [6.45, 7) is 3.38. The van der Waals surface area contributed by atoms with Crippen LogP contribution in [0.5, 0.6) is 0 Å². The Hall–Kier alpha value is -0.610. The van der Waals surface area contributed by atoms with Crippen LogP contribution in [0.25, 0.3) is 0 Å². The van der Waals surface area contributed by atoms with E-state index in [4.69, 9.17) is 20.8 Å². The minimum atomic E-state index is -0.212. The van der Waals surface area contributed by atoms with Crippen molar-refractivity contribution in [3.8, 4) is 0 Å². The van der Waals surface area contributed by atoms with Crippen molar-refractivity contribution < 1.29 is 9.15 Å². The summed E-state index contributed by atoms with van der Waals surface area (Å²) in [5.41, 5.74) is 0. The monoisotopic (exact) mass is 216 g/mol. The lowest BCUT2D eigenvalue weighted by molar-refractivity contribution is 0.0791. The second-order valence-electron chi connectivity index (χ2n) is 3.48. The normalized spacial score (nSPS) is 21.0. The summed E-state index contributed by atoms with van der Waals surface area (Å²) in [7, 11) is 0. The minimum absolute atomic E-state index is 0.212. The average Bonchev–Trinajstić information content (AvgIpc) is 2.68. The van der Waals surface area contributed by atoms with Gasteiger partial charge in [-0.2, -0.15) is 0 Å². The van der Waals surface area contributed by atoms with Crippen molar-refractivity contribution in [1.82, 2.24) is 10.2 Å². The first-order valence-electron chi connectivity index (χ1n) is 4.82. The summed E-state index contributed by atoms with van der Waals surface area (Å²) in [6, 6.07) is 0. The average molecular weight is 217 g/mol. The molecule has 1 aliphatic heterocycles. The maximum absolute atomic E-state index is 5.83. The summed E-state index contributed by atoms with van der Waals surface area (Å²) in [5, 5.41) is 7.69. The number of hydrogen-bond donors (Lipinski definition) is 0. The Balaban J connectivity index is 2.07. The molecule has 0 saturated carbocycles. The van der Waals surface area contributed by atoms with Crippen LogP contribution in [-0.4, -0.2) is 23.4 Å². The summed E-state index contributed by atoms with van der Waals surface area (Å²) in [4.78, 5) is 0. The van der Waals surface area contributed by atoms with E-state index < -0.39 is 0 Å². The molecule has 0 amide bonds. The van der Waals surface area contributed by atoms with Crippen molar-refractivity contribution in [1.29, 1.82) is 0 Å². The van der Waals surface area contributed by atoms with Crippen molar-refractivity contribution in [2.75, 3.05) is 13.2 Å². The standard InChI is InChI=1S/C9H13ClN2O2/c1-6(10)8-11-12-9(14-8)7-2-4-13-5-3-7/h6-7H,2-5H2,1H3. The van der Waals surface area contributed by atoms with Crippen LogP contribution in [0.3, 0.4) is 0 Å². The second kappa shape index (κ2) is 4.28. The lowest BCUT2D eigenvalue weighted by Crippen LogP contribution is -2.14. The van der Waals surface area contributed by atoms with Gasteiger partial charge in [-0.1, -0.05) is 0 Å². The molecule has 0 radical (unpaired) electrons. The predicted molar refractivity (Wildman–Crippen MR) is 51.4 cm³/mol. The maximum Gasteiger partial charge on any atom is 0.234 e. The van der Waals surface area contributed by atoms with Gasteiger partial charge in [0.15, 0.2) is 0 Å². The molecule has 0 spiro atoms. The fourth-order valence-electron chi connectivity index (χ4n) is 1.52. The molecule has 1 aromatic heterocycles. The molecule has 2 rings (SSSR count). The molecule has 5 heteroatoms. The van der Waals surface area contributed by atoms with E-state index in [2.05, 4.69) is 10.2 Å². The Labute approximate surface area is 87.6 Å². The van der Waals surface area contributed by atoms with E-state index in [1.54, 1.807) is 0 Å². The van der Waals surface area contributed by atoms with Gasteiger partial charge in [0, 0.05) is 19.1 Å². The van der Waals surface area contributed by atoms with Gasteiger partial charge in [0.25, 0.3) is 0 Å². The minimum Gasteiger partial charge on any atom is -0.423 e. The molecule has 14 heavy (non-hydrogen) atoms. The second-order valence-corrected chi connectivity index (χ2v) is 4.14. The van der Waals surface area contributed by atoms with Crippen molar-refractivity contribution in [3.63, 3.8) is 0 Å². The third-order valence-corrected chi connectivity index (χ3v) is 2.55. The highest BCUT2D eigenvalue weighted by atomic mass is 35.5. The van der Waals surface area contributed by atoms with Gasteiger partial charge in [0.05, 0.1) is 0 Å². The molecule has 4 nitrogen and oxygen atoms in total. The van der Waals surface area contributed by atoms with Crippen molar-refractivity contribution in [3.05, 3.63) is 11.8 Å². The van der Waals surface area contributed by atoms with Gasteiger partial charge in [-0.3, -0.25) is 0 Å². The molecule has 0 bridgehead atoms. The molecule has 1 aromatic rings. The SMILES string of the molecule is CC(Cl)c1nnc(C2CCOCC2)o1. The molecule has 0 aliphatic carbocycles. The third kappa shape index (κ3) is 2.07. The van der Waals surface area contributed by atoms with E-state index in [0.29, 0.717) is 17.7 Å². The van der Waals surface area contributed by atoms with Gasteiger partial charge in [-0.05, 0) is 19.8 Å². The summed E-state index contributed by atoms with van der Waals surface area (Å²) >= 11 is 5.83. The van der Waals surface area contributed by atoms with Crippen LogP contribution in [-0.2, 0) is 4.74 Å². The van der Waals surface area contributed by atoms with E-state index in [9.17, 15) is 0 Å². The molecule has 1 atom stereocenters. The van der Waals surface area contributed by atoms with Crippen molar-refractivity contribution >= 4 is 11.6 Å². The Morgan fingerprint density at radius 1 is 1.36 bits per heavy atom. The highest BCUT2D eigenvalue weighted by molar-refractivity contribution is 6.20. The molecule has 1 aliphatic rings.